The molecular weight excluding hydrogens is 328 g/mol. The molecule has 0 amide bonds. The number of benzene rings is 1. The highest BCUT2D eigenvalue weighted by Crippen LogP contribution is 2.34. The molecule has 0 aliphatic carbocycles. The Balaban J connectivity index is 1.56. The lowest BCUT2D eigenvalue weighted by Crippen LogP contribution is -2.42. The third-order valence-corrected chi connectivity index (χ3v) is 5.39. The van der Waals surface area contributed by atoms with Crippen LogP contribution in [0.2, 0.25) is 0 Å². The van der Waals surface area contributed by atoms with Crippen molar-refractivity contribution < 1.29 is 14.2 Å². The molecule has 2 aliphatic heterocycles. The van der Waals surface area contributed by atoms with Crippen LogP contribution in [0.1, 0.15) is 40.5 Å². The Morgan fingerprint density at radius 1 is 1.12 bits per heavy atom. The molecule has 1 saturated heterocycles. The first-order valence-electron chi connectivity index (χ1n) is 9.53. The van der Waals surface area contributed by atoms with Crippen molar-refractivity contribution in [2.24, 2.45) is 5.92 Å². The lowest BCUT2D eigenvalue weighted by molar-refractivity contribution is 0.128. The monoisotopic (exact) mass is 358 g/mol. The van der Waals surface area contributed by atoms with E-state index in [1.165, 1.54) is 5.57 Å². The van der Waals surface area contributed by atoms with Crippen LogP contribution in [0.3, 0.4) is 0 Å². The first kappa shape index (κ1) is 18.6. The molecule has 0 radical (unpaired) electrons. The highest BCUT2D eigenvalue weighted by Gasteiger charge is 2.24. The molecular formula is C21H30N2O3. The van der Waals surface area contributed by atoms with E-state index in [2.05, 4.69) is 32.6 Å². The van der Waals surface area contributed by atoms with Crippen molar-refractivity contribution in [2.75, 3.05) is 26.3 Å². The molecule has 2 heterocycles. The van der Waals surface area contributed by atoms with Crippen LogP contribution >= 0.6 is 0 Å². The van der Waals surface area contributed by atoms with Gasteiger partial charge in [-0.15, -0.1) is 0 Å². The summed E-state index contributed by atoms with van der Waals surface area (Å²) < 4.78 is 17.3. The van der Waals surface area contributed by atoms with E-state index in [0.717, 1.165) is 48.8 Å². The number of allylic oxidation sites excluding steroid dienone is 1. The minimum Gasteiger partial charge on any atom is -0.490 e. The number of nitrogens with zero attached hydrogens (tertiary/aromatic N) is 1. The zero-order valence-electron chi connectivity index (χ0n) is 16.3. The Morgan fingerprint density at radius 3 is 2.42 bits per heavy atom. The van der Waals surface area contributed by atoms with E-state index >= 15 is 0 Å². The van der Waals surface area contributed by atoms with Gasteiger partial charge in [0.25, 0.3) is 0 Å². The second-order valence-electron chi connectivity index (χ2n) is 7.42. The molecule has 1 aromatic carbocycles. The molecule has 0 unspecified atom stereocenters. The highest BCUT2D eigenvalue weighted by atomic mass is 16.6. The molecule has 1 fully saturated rings. The van der Waals surface area contributed by atoms with Crippen LogP contribution in [0.15, 0.2) is 29.3 Å². The summed E-state index contributed by atoms with van der Waals surface area (Å²) in [5.41, 5.74) is 2.40. The van der Waals surface area contributed by atoms with Crippen LogP contribution < -0.4 is 14.2 Å². The standard InChI is InChI=1S/C21H30N2O3/c1-14(2)15(3)16(4)21(22)23-9-7-17(8-10-23)26-18-5-6-19-20(13-18)25-12-11-24-19/h5-6,13-14,17,22H,7-12H2,1-4H3/b16-15-,22-21?. The molecule has 0 atom stereocenters. The quantitative estimate of drug-likeness (QED) is 0.645. The molecule has 0 saturated carbocycles. The van der Waals surface area contributed by atoms with E-state index < -0.39 is 0 Å². The average molecular weight is 358 g/mol. The Morgan fingerprint density at radius 2 is 1.77 bits per heavy atom. The van der Waals surface area contributed by atoms with Crippen molar-refractivity contribution in [3.63, 3.8) is 0 Å². The van der Waals surface area contributed by atoms with Gasteiger partial charge in [0.2, 0.25) is 0 Å². The van der Waals surface area contributed by atoms with Gasteiger partial charge in [-0.1, -0.05) is 19.4 Å². The lowest BCUT2D eigenvalue weighted by atomic mass is 9.98. The Labute approximate surface area is 156 Å². The fraction of sp³-hybridized carbons (Fsp3) is 0.571. The summed E-state index contributed by atoms with van der Waals surface area (Å²) in [6.07, 6.45) is 2.02. The molecule has 5 nitrogen and oxygen atoms in total. The van der Waals surface area contributed by atoms with E-state index in [1.807, 2.05) is 18.2 Å². The Kier molecular flexibility index (Phi) is 5.74. The first-order chi connectivity index (χ1) is 12.5. The molecule has 1 N–H and O–H groups in total. The van der Waals surface area contributed by atoms with Crippen LogP contribution in [0, 0.1) is 11.3 Å². The van der Waals surface area contributed by atoms with Gasteiger partial charge in [-0.3, -0.25) is 5.41 Å². The second kappa shape index (κ2) is 8.02. The molecule has 0 spiro atoms. The van der Waals surface area contributed by atoms with Gasteiger partial charge in [-0.25, -0.2) is 0 Å². The van der Waals surface area contributed by atoms with Gasteiger partial charge in [0.05, 0.1) is 0 Å². The van der Waals surface area contributed by atoms with Crippen molar-refractivity contribution in [2.45, 2.75) is 46.6 Å². The predicted octanol–water partition coefficient (Wildman–Crippen LogP) is 4.27. The predicted molar refractivity (Wildman–Crippen MR) is 104 cm³/mol. The van der Waals surface area contributed by atoms with Crippen molar-refractivity contribution in [3.8, 4) is 17.2 Å². The fourth-order valence-corrected chi connectivity index (χ4v) is 3.34. The van der Waals surface area contributed by atoms with Crippen LogP contribution in [0.4, 0.5) is 0 Å². The van der Waals surface area contributed by atoms with Gasteiger partial charge in [-0.2, -0.15) is 0 Å². The van der Waals surface area contributed by atoms with Crippen LogP contribution in [-0.2, 0) is 0 Å². The number of piperidine rings is 1. The van der Waals surface area contributed by atoms with Crippen LogP contribution in [0.25, 0.3) is 0 Å². The molecule has 3 rings (SSSR count). The maximum absolute atomic E-state index is 8.50. The molecule has 1 aromatic rings. The van der Waals surface area contributed by atoms with E-state index in [4.69, 9.17) is 19.6 Å². The van der Waals surface area contributed by atoms with Crippen molar-refractivity contribution in [1.29, 1.82) is 5.41 Å². The van der Waals surface area contributed by atoms with E-state index in [-0.39, 0.29) is 6.10 Å². The topological polar surface area (TPSA) is 54.8 Å². The molecule has 0 bridgehead atoms. The van der Waals surface area contributed by atoms with Crippen molar-refractivity contribution >= 4 is 5.84 Å². The van der Waals surface area contributed by atoms with Gasteiger partial charge in [-0.05, 0) is 37.5 Å². The average Bonchev–Trinajstić information content (AvgIpc) is 2.66. The maximum atomic E-state index is 8.50. The molecule has 142 valence electrons. The summed E-state index contributed by atoms with van der Waals surface area (Å²) in [5, 5.41) is 8.50. The smallest absolute Gasteiger partial charge is 0.165 e. The van der Waals surface area contributed by atoms with E-state index in [0.29, 0.717) is 25.0 Å². The lowest BCUT2D eigenvalue weighted by Gasteiger charge is -2.34. The summed E-state index contributed by atoms with van der Waals surface area (Å²) >= 11 is 0. The fourth-order valence-electron chi connectivity index (χ4n) is 3.34. The van der Waals surface area contributed by atoms with Crippen molar-refractivity contribution in [1.82, 2.24) is 4.90 Å². The number of rotatable bonds is 4. The molecule has 0 aromatic heterocycles. The summed E-state index contributed by atoms with van der Waals surface area (Å²) in [7, 11) is 0. The summed E-state index contributed by atoms with van der Waals surface area (Å²) in [5.74, 6) is 3.52. The van der Waals surface area contributed by atoms with E-state index in [9.17, 15) is 0 Å². The zero-order chi connectivity index (χ0) is 18.7. The minimum absolute atomic E-state index is 0.178. The summed E-state index contributed by atoms with van der Waals surface area (Å²) in [6.45, 7) is 11.5. The maximum Gasteiger partial charge on any atom is 0.165 e. The molecule has 26 heavy (non-hydrogen) atoms. The van der Waals surface area contributed by atoms with Gasteiger partial charge in [0, 0.05) is 32.0 Å². The number of ether oxygens (including phenoxy) is 3. The Bertz CT molecular complexity index is 688. The zero-order valence-corrected chi connectivity index (χ0v) is 16.3. The third kappa shape index (κ3) is 4.14. The van der Waals surface area contributed by atoms with Gasteiger partial charge in [0.1, 0.15) is 30.9 Å². The Hall–Kier alpha value is -2.17. The number of amidine groups is 1. The minimum atomic E-state index is 0.178. The van der Waals surface area contributed by atoms with Crippen molar-refractivity contribution in [3.05, 3.63) is 29.3 Å². The molecule has 5 heteroatoms. The molecule has 2 aliphatic rings. The van der Waals surface area contributed by atoms with Crippen LogP contribution in [0.5, 0.6) is 17.2 Å². The van der Waals surface area contributed by atoms with Gasteiger partial charge >= 0.3 is 0 Å². The highest BCUT2D eigenvalue weighted by molar-refractivity contribution is 5.96. The number of likely N-dealkylation sites (tertiary alicyclic amines) is 1. The number of nitrogens with one attached hydrogen (secondary N) is 1. The largest absolute Gasteiger partial charge is 0.490 e. The SMILES string of the molecule is C/C(C(=N)N1CCC(Oc2ccc3c(c2)OCCO3)CC1)=C(\C)C(C)C. The normalized spacial score (nSPS) is 18.6. The summed E-state index contributed by atoms with van der Waals surface area (Å²) in [4.78, 5) is 2.17. The third-order valence-electron chi connectivity index (χ3n) is 5.39. The summed E-state index contributed by atoms with van der Waals surface area (Å²) in [6, 6.07) is 5.78. The van der Waals surface area contributed by atoms with Gasteiger partial charge < -0.3 is 19.1 Å². The second-order valence-corrected chi connectivity index (χ2v) is 7.42. The van der Waals surface area contributed by atoms with E-state index in [1.54, 1.807) is 0 Å². The number of fused-ring (bicyclic) bond motifs is 1. The van der Waals surface area contributed by atoms with Gasteiger partial charge in [0.15, 0.2) is 11.5 Å². The number of hydrogen-bond donors (Lipinski definition) is 1. The first-order valence-corrected chi connectivity index (χ1v) is 9.53. The van der Waals surface area contributed by atoms with Crippen LogP contribution in [-0.4, -0.2) is 43.1 Å². The number of hydrogen-bond acceptors (Lipinski definition) is 4.